The lowest BCUT2D eigenvalue weighted by Gasteiger charge is -2.20. The van der Waals surface area contributed by atoms with Crippen molar-refractivity contribution < 1.29 is 14.7 Å². The van der Waals surface area contributed by atoms with Gasteiger partial charge in [0.15, 0.2) is 0 Å². The van der Waals surface area contributed by atoms with E-state index < -0.39 is 5.97 Å². The summed E-state index contributed by atoms with van der Waals surface area (Å²) in [5.41, 5.74) is 0. The van der Waals surface area contributed by atoms with Crippen LogP contribution in [-0.2, 0) is 4.79 Å². The van der Waals surface area contributed by atoms with Gasteiger partial charge in [0.1, 0.15) is 4.88 Å². The second-order valence-electron chi connectivity index (χ2n) is 7.94. The minimum absolute atomic E-state index is 0.0680. The Hall–Kier alpha value is -1.36. The Morgan fingerprint density at radius 1 is 0.793 bits per heavy atom. The van der Waals surface area contributed by atoms with E-state index >= 15 is 0 Å². The molecule has 1 rings (SSSR count). The van der Waals surface area contributed by atoms with Gasteiger partial charge in [-0.3, -0.25) is 4.79 Å². The number of carbonyl (C=O) groups is 2. The highest BCUT2D eigenvalue weighted by atomic mass is 32.1. The molecule has 1 aromatic rings. The molecule has 1 heterocycles. The van der Waals surface area contributed by atoms with Crippen molar-refractivity contribution in [3.05, 3.63) is 17.0 Å². The molecule has 0 aliphatic carbocycles. The number of rotatable bonds is 18. The Morgan fingerprint density at radius 2 is 1.28 bits per heavy atom. The predicted molar refractivity (Wildman–Crippen MR) is 124 cm³/mol. The van der Waals surface area contributed by atoms with Crippen molar-refractivity contribution in [1.82, 2.24) is 0 Å². The summed E-state index contributed by atoms with van der Waals surface area (Å²) in [6.45, 7) is 4.80. The average molecular weight is 424 g/mol. The number of thiophene rings is 1. The molecule has 0 radical (unpaired) electrons. The first-order valence-electron chi connectivity index (χ1n) is 11.7. The number of unbranched alkanes of at least 4 members (excludes halogenated alkanes) is 13. The minimum Gasteiger partial charge on any atom is -0.477 e. The van der Waals surface area contributed by atoms with Crippen LogP contribution in [0.4, 0.5) is 5.00 Å². The Balaban J connectivity index is 2.09. The Kier molecular flexibility index (Phi) is 14.6. The molecule has 1 aromatic heterocycles. The number of amides is 1. The van der Waals surface area contributed by atoms with Crippen molar-refractivity contribution >= 4 is 28.2 Å². The molecule has 0 unspecified atom stereocenters. The van der Waals surface area contributed by atoms with E-state index in [0.717, 1.165) is 17.8 Å². The summed E-state index contributed by atoms with van der Waals surface area (Å²) in [7, 11) is 0. The molecule has 166 valence electrons. The minimum atomic E-state index is -0.929. The van der Waals surface area contributed by atoms with E-state index in [1.807, 2.05) is 6.92 Å². The van der Waals surface area contributed by atoms with Crippen molar-refractivity contribution in [2.75, 3.05) is 11.4 Å². The van der Waals surface area contributed by atoms with Crippen molar-refractivity contribution in [3.63, 3.8) is 0 Å². The molecule has 5 heteroatoms. The summed E-state index contributed by atoms with van der Waals surface area (Å²) < 4.78 is 0. The quantitative estimate of drug-likeness (QED) is 0.246. The molecular formula is C24H41NO3S. The number of carboxylic acid groups (broad SMARTS) is 1. The largest absolute Gasteiger partial charge is 0.477 e. The number of nitrogens with zero attached hydrogens (tertiary/aromatic N) is 1. The van der Waals surface area contributed by atoms with Gasteiger partial charge in [-0.2, -0.15) is 0 Å². The van der Waals surface area contributed by atoms with E-state index in [9.17, 15) is 9.59 Å². The standard InChI is InChI=1S/C24H41NO3S/c1-3-5-6-7-8-9-10-11-12-13-14-15-16-17-20-25(22(26)4-2)23-19-18-21(29-23)24(27)28/h18-19H,3-17,20H2,1-2H3,(H,27,28). The first-order valence-corrected chi connectivity index (χ1v) is 12.5. The van der Waals surface area contributed by atoms with Crippen molar-refractivity contribution in [1.29, 1.82) is 0 Å². The molecule has 0 aliphatic heterocycles. The Labute approximate surface area is 181 Å². The van der Waals surface area contributed by atoms with Gasteiger partial charge >= 0.3 is 5.97 Å². The molecule has 1 amide bonds. The van der Waals surface area contributed by atoms with E-state index in [-0.39, 0.29) is 10.8 Å². The molecule has 0 saturated heterocycles. The molecular weight excluding hydrogens is 382 g/mol. The van der Waals surface area contributed by atoms with Crippen LogP contribution in [0.5, 0.6) is 0 Å². The molecule has 0 spiro atoms. The van der Waals surface area contributed by atoms with Crippen LogP contribution in [0, 0.1) is 0 Å². The number of aromatic carboxylic acids is 1. The number of hydrogen-bond acceptors (Lipinski definition) is 3. The van der Waals surface area contributed by atoms with Gasteiger partial charge < -0.3 is 10.0 Å². The van der Waals surface area contributed by atoms with Gasteiger partial charge in [0.2, 0.25) is 5.91 Å². The molecule has 29 heavy (non-hydrogen) atoms. The smallest absolute Gasteiger partial charge is 0.345 e. The van der Waals surface area contributed by atoms with Crippen LogP contribution in [0.1, 0.15) is 120 Å². The lowest BCUT2D eigenvalue weighted by molar-refractivity contribution is -0.118. The summed E-state index contributed by atoms with van der Waals surface area (Å²) in [5.74, 6) is -0.861. The van der Waals surface area contributed by atoms with E-state index in [1.54, 1.807) is 17.0 Å². The van der Waals surface area contributed by atoms with Crippen molar-refractivity contribution in [3.8, 4) is 0 Å². The first kappa shape index (κ1) is 25.7. The zero-order chi connectivity index (χ0) is 21.3. The van der Waals surface area contributed by atoms with Gasteiger partial charge in [-0.05, 0) is 18.6 Å². The highest BCUT2D eigenvalue weighted by molar-refractivity contribution is 7.18. The van der Waals surface area contributed by atoms with Gasteiger partial charge in [0.05, 0.1) is 5.00 Å². The fourth-order valence-electron chi connectivity index (χ4n) is 3.60. The number of hydrogen-bond donors (Lipinski definition) is 1. The fourth-order valence-corrected chi connectivity index (χ4v) is 4.49. The summed E-state index contributed by atoms with van der Waals surface area (Å²) in [4.78, 5) is 25.4. The third-order valence-corrected chi connectivity index (χ3v) is 6.50. The topological polar surface area (TPSA) is 57.6 Å². The zero-order valence-corrected chi connectivity index (χ0v) is 19.4. The maximum atomic E-state index is 12.2. The SMILES string of the molecule is CCCCCCCCCCCCCCCCN(C(=O)CC)c1ccc(C(=O)O)s1. The highest BCUT2D eigenvalue weighted by Gasteiger charge is 2.17. The lowest BCUT2D eigenvalue weighted by Crippen LogP contribution is -2.30. The summed E-state index contributed by atoms with van der Waals surface area (Å²) in [5, 5.41) is 9.84. The third kappa shape index (κ3) is 11.4. The molecule has 0 aromatic carbocycles. The maximum Gasteiger partial charge on any atom is 0.345 e. The molecule has 0 aliphatic rings. The lowest BCUT2D eigenvalue weighted by atomic mass is 10.0. The average Bonchev–Trinajstić information content (AvgIpc) is 3.20. The highest BCUT2D eigenvalue weighted by Crippen LogP contribution is 2.27. The first-order chi connectivity index (χ1) is 14.1. The fraction of sp³-hybridized carbons (Fsp3) is 0.750. The predicted octanol–water partition coefficient (Wildman–Crippen LogP) is 7.67. The van der Waals surface area contributed by atoms with Crippen LogP contribution in [0.25, 0.3) is 0 Å². The third-order valence-electron chi connectivity index (χ3n) is 5.41. The van der Waals surface area contributed by atoms with E-state index in [4.69, 9.17) is 5.11 Å². The zero-order valence-electron chi connectivity index (χ0n) is 18.6. The van der Waals surface area contributed by atoms with Gasteiger partial charge in [-0.1, -0.05) is 97.3 Å². The Morgan fingerprint density at radius 3 is 1.69 bits per heavy atom. The molecule has 0 atom stereocenters. The van der Waals surface area contributed by atoms with Crippen LogP contribution >= 0.6 is 11.3 Å². The summed E-state index contributed by atoms with van der Waals surface area (Å²) >= 11 is 1.18. The molecule has 1 N–H and O–H groups in total. The monoisotopic (exact) mass is 423 g/mol. The second kappa shape index (κ2) is 16.4. The van der Waals surface area contributed by atoms with Crippen LogP contribution in [0.2, 0.25) is 0 Å². The molecule has 0 fully saturated rings. The van der Waals surface area contributed by atoms with Crippen LogP contribution < -0.4 is 4.90 Å². The van der Waals surface area contributed by atoms with Crippen LogP contribution in [0.3, 0.4) is 0 Å². The number of anilines is 1. The van der Waals surface area contributed by atoms with Crippen molar-refractivity contribution in [2.24, 2.45) is 0 Å². The molecule has 0 bridgehead atoms. The van der Waals surface area contributed by atoms with E-state index in [0.29, 0.717) is 13.0 Å². The van der Waals surface area contributed by atoms with Crippen LogP contribution in [-0.4, -0.2) is 23.5 Å². The van der Waals surface area contributed by atoms with E-state index in [1.165, 1.54) is 88.4 Å². The van der Waals surface area contributed by atoms with Gasteiger partial charge in [0.25, 0.3) is 0 Å². The Bertz CT molecular complexity index is 570. The molecule has 4 nitrogen and oxygen atoms in total. The van der Waals surface area contributed by atoms with Crippen LogP contribution in [0.15, 0.2) is 12.1 Å². The normalized spacial score (nSPS) is 11.0. The number of carbonyl (C=O) groups excluding carboxylic acids is 1. The maximum absolute atomic E-state index is 12.2. The van der Waals surface area contributed by atoms with Gasteiger partial charge in [0, 0.05) is 13.0 Å². The second-order valence-corrected chi connectivity index (χ2v) is 9.00. The summed E-state index contributed by atoms with van der Waals surface area (Å²) in [6.07, 6.45) is 18.8. The van der Waals surface area contributed by atoms with Crippen molar-refractivity contribution in [2.45, 2.75) is 110 Å². The van der Waals surface area contributed by atoms with Gasteiger partial charge in [-0.25, -0.2) is 4.79 Å². The summed E-state index contributed by atoms with van der Waals surface area (Å²) in [6, 6.07) is 3.34. The van der Waals surface area contributed by atoms with E-state index in [2.05, 4.69) is 6.92 Å². The van der Waals surface area contributed by atoms with Gasteiger partial charge in [-0.15, -0.1) is 11.3 Å². The number of carboxylic acids is 1. The molecule has 0 saturated carbocycles.